The van der Waals surface area contributed by atoms with Crippen LogP contribution in [0.25, 0.3) is 10.8 Å². The van der Waals surface area contributed by atoms with E-state index in [0.29, 0.717) is 36.2 Å². The zero-order valence-corrected chi connectivity index (χ0v) is 15.0. The summed E-state index contributed by atoms with van der Waals surface area (Å²) in [5.74, 6) is 2.53. The van der Waals surface area contributed by atoms with Crippen LogP contribution in [-0.2, 0) is 11.2 Å². The molecule has 6 nitrogen and oxygen atoms in total. The van der Waals surface area contributed by atoms with E-state index in [0.717, 1.165) is 10.6 Å². The summed E-state index contributed by atoms with van der Waals surface area (Å²) in [6, 6.07) is 11.4. The van der Waals surface area contributed by atoms with Crippen LogP contribution in [0.3, 0.4) is 0 Å². The largest absolute Gasteiger partial charge is 0.486 e. The first-order chi connectivity index (χ1) is 12.7. The molecule has 2 aromatic heterocycles. The maximum absolute atomic E-state index is 12.3. The number of hydrogen-bond donors (Lipinski definition) is 1. The molecule has 3 aromatic rings. The molecule has 3 heterocycles. The summed E-state index contributed by atoms with van der Waals surface area (Å²) in [6.45, 7) is 2.60. The van der Waals surface area contributed by atoms with Crippen LogP contribution in [0.5, 0.6) is 11.5 Å². The van der Waals surface area contributed by atoms with Crippen molar-refractivity contribution in [2.45, 2.75) is 19.4 Å². The lowest BCUT2D eigenvalue weighted by Crippen LogP contribution is -2.41. The SMILES string of the molecule is Cc1oc(-c2cccs2)nc1CC(=O)NCC1COc2ccccc2O1. The van der Waals surface area contributed by atoms with Gasteiger partial charge in [-0.2, -0.15) is 0 Å². The highest BCUT2D eigenvalue weighted by molar-refractivity contribution is 7.13. The molecule has 1 unspecified atom stereocenters. The first-order valence-electron chi connectivity index (χ1n) is 8.34. The number of oxazole rings is 1. The second-order valence-electron chi connectivity index (χ2n) is 5.98. The van der Waals surface area contributed by atoms with Gasteiger partial charge in [-0.05, 0) is 30.5 Å². The van der Waals surface area contributed by atoms with Crippen LogP contribution in [0.1, 0.15) is 11.5 Å². The fourth-order valence-electron chi connectivity index (χ4n) is 2.70. The molecule has 0 saturated heterocycles. The fraction of sp³-hybridized carbons (Fsp3) is 0.263. The molecular weight excluding hydrogens is 352 g/mol. The lowest BCUT2D eigenvalue weighted by Gasteiger charge is -2.26. The van der Waals surface area contributed by atoms with Crippen molar-refractivity contribution in [2.24, 2.45) is 0 Å². The smallest absolute Gasteiger partial charge is 0.236 e. The summed E-state index contributed by atoms with van der Waals surface area (Å²) in [7, 11) is 0. The third kappa shape index (κ3) is 3.57. The lowest BCUT2D eigenvalue weighted by molar-refractivity contribution is -0.121. The second kappa shape index (κ2) is 7.21. The topological polar surface area (TPSA) is 73.6 Å². The highest BCUT2D eigenvalue weighted by atomic mass is 32.1. The maximum Gasteiger partial charge on any atom is 0.236 e. The van der Waals surface area contributed by atoms with E-state index in [9.17, 15) is 4.79 Å². The van der Waals surface area contributed by atoms with Crippen LogP contribution in [-0.4, -0.2) is 30.1 Å². The summed E-state index contributed by atoms with van der Waals surface area (Å²) >= 11 is 1.55. The predicted octanol–water partition coefficient (Wildman–Crippen LogP) is 3.21. The Kier molecular flexibility index (Phi) is 4.62. The number of aryl methyl sites for hydroxylation is 1. The minimum Gasteiger partial charge on any atom is -0.486 e. The van der Waals surface area contributed by atoms with Gasteiger partial charge < -0.3 is 19.2 Å². The Bertz CT molecular complexity index is 904. The number of nitrogens with zero attached hydrogens (tertiary/aromatic N) is 1. The summed E-state index contributed by atoms with van der Waals surface area (Å²) in [5, 5.41) is 4.84. The fourth-order valence-corrected chi connectivity index (χ4v) is 3.35. The van der Waals surface area contributed by atoms with Crippen molar-refractivity contribution in [2.75, 3.05) is 13.2 Å². The van der Waals surface area contributed by atoms with Crippen molar-refractivity contribution < 1.29 is 18.7 Å². The molecule has 0 bridgehead atoms. The Balaban J connectivity index is 1.32. The molecule has 1 aromatic carbocycles. The number of aromatic nitrogens is 1. The van der Waals surface area contributed by atoms with Gasteiger partial charge in [0.25, 0.3) is 0 Å². The van der Waals surface area contributed by atoms with Gasteiger partial charge in [0, 0.05) is 0 Å². The number of ether oxygens (including phenoxy) is 2. The van der Waals surface area contributed by atoms with Gasteiger partial charge in [-0.1, -0.05) is 18.2 Å². The number of rotatable bonds is 5. The van der Waals surface area contributed by atoms with Gasteiger partial charge in [-0.3, -0.25) is 4.79 Å². The molecule has 0 aliphatic carbocycles. The molecular formula is C19H18N2O4S. The van der Waals surface area contributed by atoms with Crippen molar-refractivity contribution in [3.63, 3.8) is 0 Å². The zero-order valence-electron chi connectivity index (χ0n) is 14.2. The third-order valence-electron chi connectivity index (χ3n) is 4.05. The first kappa shape index (κ1) is 16.7. The van der Waals surface area contributed by atoms with Gasteiger partial charge in [0.2, 0.25) is 11.8 Å². The first-order valence-corrected chi connectivity index (χ1v) is 9.22. The summed E-state index contributed by atoms with van der Waals surface area (Å²) < 4.78 is 17.2. The molecule has 0 saturated carbocycles. The number of amides is 1. The van der Waals surface area contributed by atoms with Crippen molar-refractivity contribution in [1.29, 1.82) is 0 Å². The van der Waals surface area contributed by atoms with E-state index in [-0.39, 0.29) is 18.4 Å². The van der Waals surface area contributed by atoms with Crippen molar-refractivity contribution in [3.05, 3.63) is 53.2 Å². The standard InChI is InChI=1S/C19H18N2O4S/c1-12-14(21-19(24-12)17-7-4-8-26-17)9-18(22)20-10-13-11-23-15-5-2-3-6-16(15)25-13/h2-8,13H,9-11H2,1H3,(H,20,22). The molecule has 1 N–H and O–H groups in total. The van der Waals surface area contributed by atoms with Crippen LogP contribution in [0.2, 0.25) is 0 Å². The van der Waals surface area contributed by atoms with E-state index in [1.54, 1.807) is 11.3 Å². The number of hydrogen-bond acceptors (Lipinski definition) is 6. The average molecular weight is 370 g/mol. The van der Waals surface area contributed by atoms with Gasteiger partial charge in [0.15, 0.2) is 11.5 Å². The number of thiophene rings is 1. The van der Waals surface area contributed by atoms with Crippen LogP contribution >= 0.6 is 11.3 Å². The van der Waals surface area contributed by atoms with Gasteiger partial charge in [0.05, 0.1) is 23.5 Å². The Labute approximate surface area is 154 Å². The van der Waals surface area contributed by atoms with E-state index in [1.165, 1.54) is 0 Å². The summed E-state index contributed by atoms with van der Waals surface area (Å²) in [6.07, 6.45) is -0.0424. The number of carbonyl (C=O) groups is 1. The van der Waals surface area contributed by atoms with Crippen molar-refractivity contribution >= 4 is 17.2 Å². The molecule has 0 radical (unpaired) electrons. The van der Waals surface area contributed by atoms with Crippen molar-refractivity contribution in [1.82, 2.24) is 10.3 Å². The number of nitrogens with one attached hydrogen (secondary N) is 1. The number of fused-ring (bicyclic) bond motifs is 1. The van der Waals surface area contributed by atoms with E-state index in [2.05, 4.69) is 10.3 Å². The number of benzene rings is 1. The molecule has 134 valence electrons. The zero-order chi connectivity index (χ0) is 17.9. The Morgan fingerprint density at radius 2 is 2.12 bits per heavy atom. The van der Waals surface area contributed by atoms with E-state index < -0.39 is 0 Å². The Morgan fingerprint density at radius 3 is 2.92 bits per heavy atom. The van der Waals surface area contributed by atoms with E-state index in [1.807, 2.05) is 48.7 Å². The predicted molar refractivity (Wildman–Crippen MR) is 97.6 cm³/mol. The van der Waals surface area contributed by atoms with E-state index >= 15 is 0 Å². The number of para-hydroxylation sites is 2. The lowest BCUT2D eigenvalue weighted by atomic mass is 10.2. The molecule has 1 atom stereocenters. The highest BCUT2D eigenvalue weighted by Gasteiger charge is 2.22. The van der Waals surface area contributed by atoms with Gasteiger partial charge in [0.1, 0.15) is 18.5 Å². The van der Waals surface area contributed by atoms with Gasteiger partial charge in [-0.25, -0.2) is 4.98 Å². The highest BCUT2D eigenvalue weighted by Crippen LogP contribution is 2.30. The normalized spacial score (nSPS) is 15.7. The second-order valence-corrected chi connectivity index (χ2v) is 6.93. The molecule has 4 rings (SSSR count). The van der Waals surface area contributed by atoms with Gasteiger partial charge in [-0.15, -0.1) is 11.3 Å². The minimum absolute atomic E-state index is 0.124. The van der Waals surface area contributed by atoms with Crippen LogP contribution in [0.15, 0.2) is 46.2 Å². The van der Waals surface area contributed by atoms with Gasteiger partial charge >= 0.3 is 0 Å². The molecule has 0 spiro atoms. The van der Waals surface area contributed by atoms with Crippen LogP contribution < -0.4 is 14.8 Å². The van der Waals surface area contributed by atoms with Crippen LogP contribution in [0, 0.1) is 6.92 Å². The molecule has 1 aliphatic rings. The number of carbonyl (C=O) groups excluding carboxylic acids is 1. The average Bonchev–Trinajstić information content (AvgIpc) is 3.30. The summed E-state index contributed by atoms with van der Waals surface area (Å²) in [5.41, 5.74) is 0.650. The summed E-state index contributed by atoms with van der Waals surface area (Å²) in [4.78, 5) is 17.7. The maximum atomic E-state index is 12.3. The monoisotopic (exact) mass is 370 g/mol. The quantitative estimate of drug-likeness (QED) is 0.747. The Morgan fingerprint density at radius 1 is 1.27 bits per heavy atom. The third-order valence-corrected chi connectivity index (χ3v) is 4.90. The van der Waals surface area contributed by atoms with Crippen molar-refractivity contribution in [3.8, 4) is 22.3 Å². The van der Waals surface area contributed by atoms with E-state index in [4.69, 9.17) is 13.9 Å². The Hall–Kier alpha value is -2.80. The molecule has 26 heavy (non-hydrogen) atoms. The molecule has 1 aliphatic heterocycles. The molecule has 1 amide bonds. The van der Waals surface area contributed by atoms with Crippen LogP contribution in [0.4, 0.5) is 0 Å². The molecule has 0 fully saturated rings. The minimum atomic E-state index is -0.214. The molecule has 7 heteroatoms.